The van der Waals surface area contributed by atoms with Crippen molar-refractivity contribution in [3.05, 3.63) is 94.9 Å². The molecule has 7 heteroatoms. The molecule has 7 nitrogen and oxygen atoms in total. The highest BCUT2D eigenvalue weighted by molar-refractivity contribution is 6.07. The molecule has 0 radical (unpaired) electrons. The smallest absolute Gasteiger partial charge is 0.379 e. The fourth-order valence-corrected chi connectivity index (χ4v) is 4.28. The van der Waals surface area contributed by atoms with E-state index in [-0.39, 0.29) is 11.7 Å². The van der Waals surface area contributed by atoms with Crippen molar-refractivity contribution in [3.63, 3.8) is 0 Å². The first-order valence-electron chi connectivity index (χ1n) is 11.4. The summed E-state index contributed by atoms with van der Waals surface area (Å²) in [6.45, 7) is 1.81. The lowest BCUT2D eigenvalue weighted by Gasteiger charge is -2.13. The van der Waals surface area contributed by atoms with Crippen LogP contribution >= 0.6 is 0 Å². The number of ether oxygens (including phenoxy) is 2. The largest absolute Gasteiger partial charge is 0.497 e. The standard InChI is InChI=1S/C28H24N2O5/c1-17-25-23(29-30-27(31)19-11-13-21(33-2)14-12-19)8-5-9-24(25)35-26(17)28(32)34-22-15-10-18-6-3-4-7-20(18)16-22/h3-4,6-7,10-16H,5,8-9H2,1-2H3,(H,30,31)/b29-23+. The molecule has 1 heterocycles. The van der Waals surface area contributed by atoms with E-state index in [2.05, 4.69) is 10.5 Å². The molecular weight excluding hydrogens is 444 g/mol. The zero-order chi connectivity index (χ0) is 24.4. The van der Waals surface area contributed by atoms with Crippen LogP contribution in [-0.4, -0.2) is 24.7 Å². The number of nitrogens with zero attached hydrogens (tertiary/aromatic N) is 1. The molecular formula is C28H24N2O5. The quantitative estimate of drug-likeness (QED) is 0.239. The molecule has 0 saturated heterocycles. The number of nitrogens with one attached hydrogen (secondary N) is 1. The molecule has 176 valence electrons. The van der Waals surface area contributed by atoms with Crippen LogP contribution in [0.15, 0.2) is 76.2 Å². The van der Waals surface area contributed by atoms with Crippen molar-refractivity contribution in [2.75, 3.05) is 7.11 Å². The Kier molecular flexibility index (Phi) is 6.06. The van der Waals surface area contributed by atoms with Crippen LogP contribution in [0.1, 0.15) is 50.6 Å². The fraction of sp³-hybridized carbons (Fsp3) is 0.179. The van der Waals surface area contributed by atoms with Gasteiger partial charge in [0.1, 0.15) is 17.3 Å². The molecule has 1 N–H and O–H groups in total. The Morgan fingerprint density at radius 2 is 1.69 bits per heavy atom. The summed E-state index contributed by atoms with van der Waals surface area (Å²) < 4.78 is 16.7. The zero-order valence-electron chi connectivity index (χ0n) is 19.5. The SMILES string of the molecule is COc1ccc(C(=O)N/N=C2\CCCc3oc(C(=O)Oc4ccc5ccccc5c4)c(C)c32)cc1. The molecule has 0 aliphatic heterocycles. The van der Waals surface area contributed by atoms with Crippen LogP contribution < -0.4 is 14.9 Å². The second kappa shape index (κ2) is 9.46. The van der Waals surface area contributed by atoms with Gasteiger partial charge in [-0.3, -0.25) is 4.79 Å². The lowest BCUT2D eigenvalue weighted by atomic mass is 9.93. The minimum absolute atomic E-state index is 0.152. The summed E-state index contributed by atoms with van der Waals surface area (Å²) in [4.78, 5) is 25.5. The lowest BCUT2D eigenvalue weighted by molar-refractivity contribution is 0.0698. The Bertz CT molecular complexity index is 1450. The van der Waals surface area contributed by atoms with E-state index in [9.17, 15) is 9.59 Å². The van der Waals surface area contributed by atoms with E-state index in [0.717, 1.165) is 22.8 Å². The highest BCUT2D eigenvalue weighted by Gasteiger charge is 2.29. The molecule has 1 amide bonds. The number of benzene rings is 3. The van der Waals surface area contributed by atoms with Crippen LogP contribution in [0, 0.1) is 6.92 Å². The molecule has 0 fully saturated rings. The van der Waals surface area contributed by atoms with Gasteiger partial charge in [-0.2, -0.15) is 5.10 Å². The summed E-state index contributed by atoms with van der Waals surface area (Å²) in [7, 11) is 1.57. The molecule has 3 aromatic carbocycles. The third-order valence-electron chi connectivity index (χ3n) is 6.09. The predicted molar refractivity (Wildman–Crippen MR) is 132 cm³/mol. The van der Waals surface area contributed by atoms with Crippen LogP contribution in [-0.2, 0) is 6.42 Å². The third kappa shape index (κ3) is 4.53. The third-order valence-corrected chi connectivity index (χ3v) is 6.09. The van der Waals surface area contributed by atoms with E-state index in [0.29, 0.717) is 46.9 Å². The van der Waals surface area contributed by atoms with Gasteiger partial charge in [-0.25, -0.2) is 10.2 Å². The minimum Gasteiger partial charge on any atom is -0.497 e. The van der Waals surface area contributed by atoms with Crippen LogP contribution in [0.5, 0.6) is 11.5 Å². The van der Waals surface area contributed by atoms with E-state index in [1.807, 2.05) is 43.3 Å². The minimum atomic E-state index is -0.561. The molecule has 1 aromatic heterocycles. The average Bonchev–Trinajstić information content (AvgIpc) is 3.24. The number of methoxy groups -OCH3 is 1. The number of hydrogen-bond acceptors (Lipinski definition) is 6. The van der Waals surface area contributed by atoms with Gasteiger partial charge in [-0.15, -0.1) is 0 Å². The van der Waals surface area contributed by atoms with Crippen molar-refractivity contribution in [1.82, 2.24) is 5.43 Å². The molecule has 1 aliphatic carbocycles. The summed E-state index contributed by atoms with van der Waals surface area (Å²) in [5, 5.41) is 6.41. The lowest BCUT2D eigenvalue weighted by Crippen LogP contribution is -2.22. The topological polar surface area (TPSA) is 90.1 Å². The van der Waals surface area contributed by atoms with Gasteiger partial charge in [0.25, 0.3) is 5.91 Å². The van der Waals surface area contributed by atoms with Gasteiger partial charge in [0.05, 0.1) is 12.8 Å². The molecule has 0 unspecified atom stereocenters. The number of fused-ring (bicyclic) bond motifs is 2. The number of furan rings is 1. The van der Waals surface area contributed by atoms with Gasteiger partial charge in [-0.05, 0) is 66.9 Å². The van der Waals surface area contributed by atoms with Gasteiger partial charge < -0.3 is 13.9 Å². The maximum Gasteiger partial charge on any atom is 0.379 e. The summed E-state index contributed by atoms with van der Waals surface area (Å²) >= 11 is 0. The first kappa shape index (κ1) is 22.4. The maximum atomic E-state index is 13.0. The van der Waals surface area contributed by atoms with E-state index >= 15 is 0 Å². The van der Waals surface area contributed by atoms with Gasteiger partial charge >= 0.3 is 5.97 Å². The normalized spacial score (nSPS) is 13.9. The van der Waals surface area contributed by atoms with Gasteiger partial charge in [0.15, 0.2) is 0 Å². The monoisotopic (exact) mass is 468 g/mol. The van der Waals surface area contributed by atoms with Gasteiger partial charge in [0, 0.05) is 23.1 Å². The molecule has 0 saturated carbocycles. The Morgan fingerprint density at radius 3 is 2.46 bits per heavy atom. The Labute approximate surface area is 202 Å². The second-order valence-electron chi connectivity index (χ2n) is 8.33. The number of carbonyl (C=O) groups is 2. The summed E-state index contributed by atoms with van der Waals surface area (Å²) in [6.07, 6.45) is 2.15. The van der Waals surface area contributed by atoms with E-state index in [4.69, 9.17) is 13.9 Å². The Morgan fingerprint density at radius 1 is 0.943 bits per heavy atom. The van der Waals surface area contributed by atoms with E-state index < -0.39 is 5.97 Å². The van der Waals surface area contributed by atoms with Crippen molar-refractivity contribution in [1.29, 1.82) is 0 Å². The van der Waals surface area contributed by atoms with E-state index in [1.165, 1.54) is 0 Å². The van der Waals surface area contributed by atoms with Crippen LogP contribution in [0.3, 0.4) is 0 Å². The number of carbonyl (C=O) groups excluding carboxylic acids is 2. The summed E-state index contributed by atoms with van der Waals surface area (Å²) in [5.74, 6) is 1.05. The highest BCUT2D eigenvalue weighted by atomic mass is 16.5. The average molecular weight is 469 g/mol. The number of amides is 1. The summed E-state index contributed by atoms with van der Waals surface area (Å²) in [5.41, 5.74) is 5.18. The van der Waals surface area contributed by atoms with Crippen molar-refractivity contribution < 1.29 is 23.5 Å². The molecule has 0 bridgehead atoms. The van der Waals surface area contributed by atoms with Gasteiger partial charge in [0.2, 0.25) is 5.76 Å². The second-order valence-corrected chi connectivity index (χ2v) is 8.33. The fourth-order valence-electron chi connectivity index (χ4n) is 4.28. The molecule has 1 aliphatic rings. The molecule has 0 atom stereocenters. The van der Waals surface area contributed by atoms with Crippen LogP contribution in [0.2, 0.25) is 0 Å². The number of hydrazone groups is 1. The molecule has 4 aromatic rings. The number of hydrogen-bond donors (Lipinski definition) is 1. The predicted octanol–water partition coefficient (Wildman–Crippen LogP) is 5.44. The number of aryl methyl sites for hydroxylation is 1. The van der Waals surface area contributed by atoms with Crippen molar-refractivity contribution in [3.8, 4) is 11.5 Å². The Hall–Kier alpha value is -4.39. The van der Waals surface area contributed by atoms with Crippen LogP contribution in [0.4, 0.5) is 0 Å². The molecule has 0 spiro atoms. The first-order valence-corrected chi connectivity index (χ1v) is 11.4. The van der Waals surface area contributed by atoms with Crippen molar-refractivity contribution >= 4 is 28.4 Å². The maximum absolute atomic E-state index is 13.0. The van der Waals surface area contributed by atoms with Crippen LogP contribution in [0.25, 0.3) is 10.8 Å². The van der Waals surface area contributed by atoms with Gasteiger partial charge in [-0.1, -0.05) is 30.3 Å². The number of rotatable bonds is 5. The zero-order valence-corrected chi connectivity index (χ0v) is 19.5. The van der Waals surface area contributed by atoms with E-state index in [1.54, 1.807) is 37.4 Å². The summed E-state index contributed by atoms with van der Waals surface area (Å²) in [6, 6.07) is 20.1. The number of esters is 1. The Balaban J connectivity index is 1.36. The van der Waals surface area contributed by atoms with Crippen molar-refractivity contribution in [2.24, 2.45) is 5.10 Å². The molecule has 35 heavy (non-hydrogen) atoms. The molecule has 5 rings (SSSR count). The first-order chi connectivity index (χ1) is 17.0. The van der Waals surface area contributed by atoms with Crippen molar-refractivity contribution in [2.45, 2.75) is 26.2 Å². The highest BCUT2D eigenvalue weighted by Crippen LogP contribution is 2.31.